The Hall–Kier alpha value is -4.62. The van der Waals surface area contributed by atoms with Crippen LogP contribution in [0.2, 0.25) is 0 Å². The van der Waals surface area contributed by atoms with Crippen molar-refractivity contribution in [2.75, 3.05) is 5.32 Å². The fourth-order valence-electron chi connectivity index (χ4n) is 4.61. The summed E-state index contributed by atoms with van der Waals surface area (Å²) in [5.74, 6) is 0. The van der Waals surface area contributed by atoms with Crippen molar-refractivity contribution in [3.63, 3.8) is 0 Å². The quantitative estimate of drug-likeness (QED) is 0.277. The summed E-state index contributed by atoms with van der Waals surface area (Å²) in [5.41, 5.74) is 9.57. The van der Waals surface area contributed by atoms with E-state index in [1.807, 2.05) is 18.2 Å². The fourth-order valence-corrected chi connectivity index (χ4v) is 4.61. The van der Waals surface area contributed by atoms with Crippen molar-refractivity contribution in [2.45, 2.75) is 0 Å². The molecule has 0 bridgehead atoms. The van der Waals surface area contributed by atoms with Crippen LogP contribution in [0.5, 0.6) is 0 Å². The van der Waals surface area contributed by atoms with Crippen LogP contribution in [0.25, 0.3) is 44.2 Å². The number of nitrogens with one attached hydrogen (secondary N) is 1. The van der Waals surface area contributed by atoms with Gasteiger partial charge in [-0.15, -0.1) is 0 Å². The smallest absolute Gasteiger partial charge is 0.0384 e. The van der Waals surface area contributed by atoms with Gasteiger partial charge in [-0.05, 0) is 74.5 Å². The third-order valence-electron chi connectivity index (χ3n) is 6.47. The van der Waals surface area contributed by atoms with Gasteiger partial charge in [0.2, 0.25) is 0 Å². The molecule has 6 aromatic rings. The van der Waals surface area contributed by atoms with E-state index in [2.05, 4.69) is 133 Å². The Bertz CT molecular complexity index is 1570. The highest BCUT2D eigenvalue weighted by Crippen LogP contribution is 2.33. The van der Waals surface area contributed by atoms with E-state index in [0.29, 0.717) is 0 Å². The summed E-state index contributed by atoms with van der Waals surface area (Å²) in [6.45, 7) is 0. The van der Waals surface area contributed by atoms with Crippen molar-refractivity contribution in [1.29, 1.82) is 0 Å². The molecular weight excluding hydrogens is 422 g/mol. The molecule has 0 aliphatic rings. The molecular formula is C34H25N. The molecule has 6 aromatic carbocycles. The molecule has 0 fully saturated rings. The second kappa shape index (κ2) is 9.32. The SMILES string of the molecule is c1ccc(Nc2ccc(-c3ccc(-c4ccc5cccc(-c6ccccc6)c5c4)cc3)cc2)cc1. The lowest BCUT2D eigenvalue weighted by Crippen LogP contribution is -1.89. The first-order valence-electron chi connectivity index (χ1n) is 11.9. The van der Waals surface area contributed by atoms with Crippen LogP contribution in [0.3, 0.4) is 0 Å². The summed E-state index contributed by atoms with van der Waals surface area (Å²) in [6.07, 6.45) is 0. The predicted octanol–water partition coefficient (Wildman–Crippen LogP) is 9.58. The van der Waals surface area contributed by atoms with E-state index < -0.39 is 0 Å². The Balaban J connectivity index is 1.27. The molecule has 0 aromatic heterocycles. The molecule has 0 atom stereocenters. The van der Waals surface area contributed by atoms with Gasteiger partial charge in [0.05, 0.1) is 0 Å². The van der Waals surface area contributed by atoms with Crippen LogP contribution in [-0.4, -0.2) is 0 Å². The van der Waals surface area contributed by atoms with Crippen LogP contribution in [0.1, 0.15) is 0 Å². The molecule has 6 rings (SSSR count). The lowest BCUT2D eigenvalue weighted by Gasteiger charge is -2.11. The first-order valence-corrected chi connectivity index (χ1v) is 11.9. The molecule has 35 heavy (non-hydrogen) atoms. The summed E-state index contributed by atoms with van der Waals surface area (Å²) < 4.78 is 0. The van der Waals surface area contributed by atoms with E-state index in [4.69, 9.17) is 0 Å². The van der Waals surface area contributed by atoms with Gasteiger partial charge in [-0.25, -0.2) is 0 Å². The van der Waals surface area contributed by atoms with Crippen molar-refractivity contribution < 1.29 is 0 Å². The van der Waals surface area contributed by atoms with Crippen molar-refractivity contribution in [3.05, 3.63) is 146 Å². The maximum absolute atomic E-state index is 3.44. The molecule has 1 N–H and O–H groups in total. The summed E-state index contributed by atoms with van der Waals surface area (Å²) in [4.78, 5) is 0. The zero-order valence-electron chi connectivity index (χ0n) is 19.4. The number of para-hydroxylation sites is 1. The maximum atomic E-state index is 3.44. The summed E-state index contributed by atoms with van der Waals surface area (Å²) in [5, 5.41) is 5.98. The van der Waals surface area contributed by atoms with Gasteiger partial charge >= 0.3 is 0 Å². The van der Waals surface area contributed by atoms with E-state index in [1.165, 1.54) is 44.2 Å². The van der Waals surface area contributed by atoms with Crippen LogP contribution in [0, 0.1) is 0 Å². The molecule has 0 radical (unpaired) electrons. The molecule has 0 aliphatic heterocycles. The largest absolute Gasteiger partial charge is 0.356 e. The lowest BCUT2D eigenvalue weighted by molar-refractivity contribution is 1.54. The standard InChI is InChI=1S/C34H25N/c1-3-8-28(9-4-1)33-13-7-10-29-18-19-30(24-34(29)33)27-16-14-25(15-17-27)26-20-22-32(23-21-26)35-31-11-5-2-6-12-31/h1-24,35H. The molecule has 0 amide bonds. The van der Waals surface area contributed by atoms with Gasteiger partial charge in [0, 0.05) is 11.4 Å². The topological polar surface area (TPSA) is 12.0 Å². The van der Waals surface area contributed by atoms with Crippen molar-refractivity contribution in [2.24, 2.45) is 0 Å². The molecule has 0 spiro atoms. The molecule has 0 saturated heterocycles. The first-order chi connectivity index (χ1) is 17.3. The maximum Gasteiger partial charge on any atom is 0.0384 e. The average Bonchev–Trinajstić information content (AvgIpc) is 2.94. The summed E-state index contributed by atoms with van der Waals surface area (Å²) in [7, 11) is 0. The molecule has 0 aliphatic carbocycles. The van der Waals surface area contributed by atoms with E-state index >= 15 is 0 Å². The highest BCUT2D eigenvalue weighted by Gasteiger charge is 2.07. The minimum absolute atomic E-state index is 1.09. The second-order valence-electron chi connectivity index (χ2n) is 8.75. The summed E-state index contributed by atoms with van der Waals surface area (Å²) in [6, 6.07) is 51.6. The number of hydrogen-bond acceptors (Lipinski definition) is 1. The zero-order valence-corrected chi connectivity index (χ0v) is 19.4. The molecule has 166 valence electrons. The normalized spacial score (nSPS) is 10.9. The van der Waals surface area contributed by atoms with Gasteiger partial charge in [-0.3, -0.25) is 0 Å². The average molecular weight is 448 g/mol. The number of fused-ring (bicyclic) bond motifs is 1. The summed E-state index contributed by atoms with van der Waals surface area (Å²) >= 11 is 0. The van der Waals surface area contributed by atoms with E-state index in [-0.39, 0.29) is 0 Å². The van der Waals surface area contributed by atoms with Crippen molar-refractivity contribution in [1.82, 2.24) is 0 Å². The predicted molar refractivity (Wildman–Crippen MR) is 150 cm³/mol. The first kappa shape index (κ1) is 20.9. The van der Waals surface area contributed by atoms with Gasteiger partial charge in [0.1, 0.15) is 0 Å². The number of hydrogen-bond donors (Lipinski definition) is 1. The van der Waals surface area contributed by atoms with Gasteiger partial charge in [-0.1, -0.05) is 115 Å². The Morgan fingerprint density at radius 1 is 0.343 bits per heavy atom. The molecule has 0 saturated carbocycles. The Kier molecular flexibility index (Phi) is 5.58. The Labute approximate surface area is 206 Å². The Morgan fingerprint density at radius 3 is 1.57 bits per heavy atom. The van der Waals surface area contributed by atoms with Gasteiger partial charge < -0.3 is 5.32 Å². The zero-order chi connectivity index (χ0) is 23.5. The van der Waals surface area contributed by atoms with Gasteiger partial charge in [-0.2, -0.15) is 0 Å². The second-order valence-corrected chi connectivity index (χ2v) is 8.75. The minimum Gasteiger partial charge on any atom is -0.356 e. The van der Waals surface area contributed by atoms with Crippen LogP contribution in [0.4, 0.5) is 11.4 Å². The Morgan fingerprint density at radius 2 is 0.886 bits per heavy atom. The van der Waals surface area contributed by atoms with Crippen LogP contribution >= 0.6 is 0 Å². The number of rotatable bonds is 5. The highest BCUT2D eigenvalue weighted by atomic mass is 14.9. The van der Waals surface area contributed by atoms with Crippen molar-refractivity contribution in [3.8, 4) is 33.4 Å². The van der Waals surface area contributed by atoms with E-state index in [0.717, 1.165) is 11.4 Å². The molecule has 0 unspecified atom stereocenters. The third-order valence-corrected chi connectivity index (χ3v) is 6.47. The molecule has 0 heterocycles. The van der Waals surface area contributed by atoms with Crippen molar-refractivity contribution >= 4 is 22.1 Å². The van der Waals surface area contributed by atoms with E-state index in [1.54, 1.807) is 0 Å². The monoisotopic (exact) mass is 447 g/mol. The van der Waals surface area contributed by atoms with Gasteiger partial charge in [0.25, 0.3) is 0 Å². The number of benzene rings is 6. The van der Waals surface area contributed by atoms with Crippen LogP contribution in [-0.2, 0) is 0 Å². The fraction of sp³-hybridized carbons (Fsp3) is 0. The number of anilines is 2. The lowest BCUT2D eigenvalue weighted by atomic mass is 9.94. The van der Waals surface area contributed by atoms with Crippen LogP contribution in [0.15, 0.2) is 146 Å². The molecule has 1 nitrogen and oxygen atoms in total. The third kappa shape index (κ3) is 4.45. The molecule has 1 heteroatoms. The van der Waals surface area contributed by atoms with Gasteiger partial charge in [0.15, 0.2) is 0 Å². The van der Waals surface area contributed by atoms with Crippen LogP contribution < -0.4 is 5.32 Å². The van der Waals surface area contributed by atoms with E-state index in [9.17, 15) is 0 Å². The highest BCUT2D eigenvalue weighted by molar-refractivity contribution is 5.99. The minimum atomic E-state index is 1.09.